The third kappa shape index (κ3) is 10.3. The summed E-state index contributed by atoms with van der Waals surface area (Å²) in [7, 11) is 1.60. The standard InChI is InChI=1S/C47H74N4O5/c1-5-10-34(6-2)42(7-3)45(35-11-17-40(53)18-12-35)36-13-19-41(20-14-36)56-28-9-8-25-49-26-23-47(24-27-49)32-50(33-47)38-15-21-43-37(29-38)30-51(46(43)55)39(31-52)16-22-44(54)48-4/h5-6,10,31,35-41,43,53H,1-2,7-9,11-30,32-33H2,3-4H3,(H,48,54)/b34-10+,45-42-. The number of nitrogens with zero attached hydrogens (tertiary/aromatic N) is 3. The number of hydrogen-bond donors (Lipinski definition) is 2. The molecule has 6 fully saturated rings. The number of likely N-dealkylation sites (tertiary alicyclic amines) is 3. The number of ether oxygens (including phenoxy) is 1. The quantitative estimate of drug-likeness (QED) is 0.0878. The average Bonchev–Trinajstić information content (AvgIpc) is 3.54. The summed E-state index contributed by atoms with van der Waals surface area (Å²) in [4.78, 5) is 44.1. The van der Waals surface area contributed by atoms with Crippen LogP contribution in [-0.2, 0) is 19.1 Å². The molecule has 312 valence electrons. The van der Waals surface area contributed by atoms with Crippen LogP contribution >= 0.6 is 0 Å². The lowest BCUT2D eigenvalue weighted by Gasteiger charge is -2.57. The molecule has 9 heteroatoms. The van der Waals surface area contributed by atoms with Gasteiger partial charge in [0, 0.05) is 51.7 Å². The van der Waals surface area contributed by atoms with E-state index in [1.54, 1.807) is 17.5 Å². The Morgan fingerprint density at radius 1 is 1.00 bits per heavy atom. The van der Waals surface area contributed by atoms with Gasteiger partial charge in [0.05, 0.1) is 18.2 Å². The molecule has 4 atom stereocenters. The van der Waals surface area contributed by atoms with Gasteiger partial charge < -0.3 is 29.8 Å². The molecule has 56 heavy (non-hydrogen) atoms. The van der Waals surface area contributed by atoms with E-state index in [0.717, 1.165) is 83.5 Å². The highest BCUT2D eigenvalue weighted by Crippen LogP contribution is 2.47. The number of allylic oxidation sites excluding steroid dienone is 6. The number of nitrogens with one attached hydrogen (secondary N) is 1. The minimum absolute atomic E-state index is 0.0436. The molecule has 0 aromatic rings. The number of aliphatic hydroxyl groups excluding tert-OH is 1. The van der Waals surface area contributed by atoms with E-state index in [2.05, 4.69) is 41.3 Å². The summed E-state index contributed by atoms with van der Waals surface area (Å²) in [6, 6.07) is 0.0584. The lowest BCUT2D eigenvalue weighted by atomic mass is 9.69. The summed E-state index contributed by atoms with van der Waals surface area (Å²) in [6.07, 6.45) is 25.4. The number of aldehydes is 1. The summed E-state index contributed by atoms with van der Waals surface area (Å²) < 4.78 is 6.50. The lowest BCUT2D eigenvalue weighted by molar-refractivity contribution is -0.137. The van der Waals surface area contributed by atoms with E-state index in [4.69, 9.17) is 4.74 Å². The molecule has 0 aromatic carbocycles. The third-order valence-electron chi connectivity index (χ3n) is 15.0. The van der Waals surface area contributed by atoms with Crippen LogP contribution in [0.3, 0.4) is 0 Å². The predicted molar refractivity (Wildman–Crippen MR) is 224 cm³/mol. The molecule has 3 heterocycles. The number of carbonyl (C=O) groups excluding carboxylic acids is 3. The molecule has 0 bridgehead atoms. The molecule has 6 aliphatic rings. The molecule has 6 rings (SSSR count). The molecule has 3 aliphatic heterocycles. The highest BCUT2D eigenvalue weighted by atomic mass is 16.5. The van der Waals surface area contributed by atoms with E-state index in [1.165, 1.54) is 76.0 Å². The fraction of sp³-hybridized carbons (Fsp3) is 0.766. The molecule has 0 aromatic heterocycles. The first-order valence-corrected chi connectivity index (χ1v) is 22.6. The van der Waals surface area contributed by atoms with E-state index >= 15 is 0 Å². The van der Waals surface area contributed by atoms with Crippen molar-refractivity contribution < 1.29 is 24.2 Å². The molecule has 2 N–H and O–H groups in total. The van der Waals surface area contributed by atoms with Crippen LogP contribution in [0.1, 0.15) is 122 Å². The first-order chi connectivity index (χ1) is 27.2. The van der Waals surface area contributed by atoms with Gasteiger partial charge in [-0.1, -0.05) is 43.9 Å². The van der Waals surface area contributed by atoms with E-state index in [1.807, 2.05) is 12.2 Å². The molecule has 2 amide bonds. The molecular formula is C47H74N4O5. The Hall–Kier alpha value is -2.59. The largest absolute Gasteiger partial charge is 0.393 e. The van der Waals surface area contributed by atoms with Gasteiger partial charge in [-0.3, -0.25) is 14.5 Å². The van der Waals surface area contributed by atoms with Gasteiger partial charge in [-0.2, -0.15) is 0 Å². The van der Waals surface area contributed by atoms with E-state index in [0.29, 0.717) is 48.3 Å². The van der Waals surface area contributed by atoms with E-state index in [-0.39, 0.29) is 30.3 Å². The molecule has 3 saturated carbocycles. The summed E-state index contributed by atoms with van der Waals surface area (Å²) in [6.45, 7) is 17.9. The number of piperidine rings is 1. The second-order valence-corrected chi connectivity index (χ2v) is 18.4. The second-order valence-electron chi connectivity index (χ2n) is 18.4. The Kier molecular flexibility index (Phi) is 15.7. The van der Waals surface area contributed by atoms with Gasteiger partial charge in [0.25, 0.3) is 0 Å². The zero-order chi connectivity index (χ0) is 39.7. The fourth-order valence-electron chi connectivity index (χ4n) is 11.7. The molecule has 9 nitrogen and oxygen atoms in total. The number of carbonyl (C=O) groups is 3. The monoisotopic (exact) mass is 775 g/mol. The van der Waals surface area contributed by atoms with E-state index < -0.39 is 6.04 Å². The zero-order valence-electron chi connectivity index (χ0n) is 34.9. The highest BCUT2D eigenvalue weighted by molar-refractivity contribution is 5.85. The maximum atomic E-state index is 13.3. The van der Waals surface area contributed by atoms with Gasteiger partial charge in [0.15, 0.2) is 0 Å². The van der Waals surface area contributed by atoms with Crippen molar-refractivity contribution in [1.82, 2.24) is 20.0 Å². The van der Waals surface area contributed by atoms with E-state index in [9.17, 15) is 19.5 Å². The third-order valence-corrected chi connectivity index (χ3v) is 15.0. The van der Waals surface area contributed by atoms with Gasteiger partial charge >= 0.3 is 0 Å². The topological polar surface area (TPSA) is 102 Å². The smallest absolute Gasteiger partial charge is 0.226 e. The van der Waals surface area contributed by atoms with Gasteiger partial charge in [-0.05, 0) is 163 Å². The average molecular weight is 775 g/mol. The van der Waals surface area contributed by atoms with Gasteiger partial charge in [0.1, 0.15) is 6.29 Å². The van der Waals surface area contributed by atoms with Gasteiger partial charge in [-0.15, -0.1) is 0 Å². The molecule has 1 spiro atoms. The number of amides is 2. The highest BCUT2D eigenvalue weighted by Gasteiger charge is 2.51. The van der Waals surface area contributed by atoms with Crippen LogP contribution < -0.4 is 5.32 Å². The van der Waals surface area contributed by atoms with Crippen molar-refractivity contribution in [2.24, 2.45) is 29.1 Å². The summed E-state index contributed by atoms with van der Waals surface area (Å²) in [5.74, 6) is 1.57. The molecule has 0 radical (unpaired) electrons. The number of aliphatic hydroxyl groups is 1. The van der Waals surface area contributed by atoms with Crippen molar-refractivity contribution in [1.29, 1.82) is 0 Å². The van der Waals surface area contributed by atoms with Crippen LogP contribution in [0.5, 0.6) is 0 Å². The number of fused-ring (bicyclic) bond motifs is 1. The van der Waals surface area contributed by atoms with Crippen molar-refractivity contribution >= 4 is 18.1 Å². The minimum Gasteiger partial charge on any atom is -0.393 e. The Morgan fingerprint density at radius 3 is 2.32 bits per heavy atom. The van der Waals surface area contributed by atoms with Gasteiger partial charge in [-0.25, -0.2) is 0 Å². The lowest BCUT2D eigenvalue weighted by Crippen LogP contribution is -2.63. The minimum atomic E-state index is -0.490. The Bertz CT molecular complexity index is 1410. The first-order valence-electron chi connectivity index (χ1n) is 22.6. The maximum absolute atomic E-state index is 13.3. The second kappa shape index (κ2) is 20.4. The Labute approximate surface area is 338 Å². The van der Waals surface area contributed by atoms with Crippen molar-refractivity contribution in [3.63, 3.8) is 0 Å². The fourth-order valence-corrected chi connectivity index (χ4v) is 11.7. The number of rotatable bonds is 18. The SMILES string of the molecule is C=C/C=C(C=C)/C(CC)=C(/C1CCC(O)CC1)C1CCC(OCCCCN2CCC3(CC2)CN(C2CCC4C(=O)N(C(C=O)CCC(=O)NC)CC4C2)C3)CC1. The van der Waals surface area contributed by atoms with Crippen molar-refractivity contribution in [3.05, 3.63) is 48.1 Å². The van der Waals surface area contributed by atoms with Gasteiger partial charge in [0.2, 0.25) is 11.8 Å². The van der Waals surface area contributed by atoms with Crippen molar-refractivity contribution in [2.75, 3.05) is 52.9 Å². The van der Waals surface area contributed by atoms with Crippen LogP contribution in [0.2, 0.25) is 0 Å². The number of unbranched alkanes of at least 4 members (excludes halogenated alkanes) is 1. The summed E-state index contributed by atoms with van der Waals surface area (Å²) in [5, 5.41) is 12.9. The Morgan fingerprint density at radius 2 is 1.70 bits per heavy atom. The molecular weight excluding hydrogens is 701 g/mol. The molecule has 3 saturated heterocycles. The molecule has 3 aliphatic carbocycles. The first kappa shape index (κ1) is 43.0. The zero-order valence-corrected chi connectivity index (χ0v) is 34.9. The van der Waals surface area contributed by atoms with Crippen LogP contribution in [-0.4, -0.2) is 115 Å². The maximum Gasteiger partial charge on any atom is 0.226 e. The summed E-state index contributed by atoms with van der Waals surface area (Å²) >= 11 is 0. The normalized spacial score (nSPS) is 32.3. The summed E-state index contributed by atoms with van der Waals surface area (Å²) in [5.41, 5.74) is 4.80. The van der Waals surface area contributed by atoms with Crippen LogP contribution in [0.15, 0.2) is 48.1 Å². The van der Waals surface area contributed by atoms with Crippen LogP contribution in [0.4, 0.5) is 0 Å². The van der Waals surface area contributed by atoms with Crippen molar-refractivity contribution in [3.8, 4) is 0 Å². The molecule has 4 unspecified atom stereocenters. The number of hydrogen-bond acceptors (Lipinski definition) is 7. The van der Waals surface area contributed by atoms with Crippen molar-refractivity contribution in [2.45, 2.75) is 147 Å². The predicted octanol–water partition coefficient (Wildman–Crippen LogP) is 7.02. The van der Waals surface area contributed by atoms with Crippen LogP contribution in [0, 0.1) is 29.1 Å². The van der Waals surface area contributed by atoms with Crippen LogP contribution in [0.25, 0.3) is 0 Å². The Balaban J connectivity index is 0.865.